The molecule has 0 aliphatic rings. The number of benzene rings is 8. The SMILES string of the molecule is CN(C)P(=O)(Oc1ccc(C(C)(c2ccc(OP(c3ccccc3)c3ccccc3)cc2)c2ccc(P(=O)(c3ccccc3)c3ccccc3)cc2)cc1)c1ccccc1. The number of rotatable bonds is 14. The molecule has 0 aromatic heterocycles. The van der Waals surface area contributed by atoms with Crippen molar-refractivity contribution in [2.75, 3.05) is 14.1 Å². The molecule has 2 atom stereocenters. The Bertz CT molecular complexity index is 2640. The van der Waals surface area contributed by atoms with E-state index in [1.807, 2.05) is 176 Å². The first-order valence-corrected chi connectivity index (χ1v) is 24.4. The second-order valence-electron chi connectivity index (χ2n) is 14.9. The van der Waals surface area contributed by atoms with Crippen LogP contribution in [0.3, 0.4) is 0 Å². The van der Waals surface area contributed by atoms with Gasteiger partial charge < -0.3 is 13.6 Å². The molecule has 60 heavy (non-hydrogen) atoms. The van der Waals surface area contributed by atoms with Crippen LogP contribution < -0.4 is 40.9 Å². The smallest absolute Gasteiger partial charge is 0.349 e. The van der Waals surface area contributed by atoms with Crippen LogP contribution in [-0.4, -0.2) is 18.8 Å². The summed E-state index contributed by atoms with van der Waals surface area (Å²) in [5.74, 6) is 1.27. The zero-order valence-corrected chi connectivity index (χ0v) is 36.5. The fourth-order valence-electron chi connectivity index (χ4n) is 7.54. The van der Waals surface area contributed by atoms with Crippen molar-refractivity contribution >= 4 is 54.6 Å². The lowest BCUT2D eigenvalue weighted by atomic mass is 9.71. The van der Waals surface area contributed by atoms with Crippen molar-refractivity contribution in [3.8, 4) is 11.5 Å². The van der Waals surface area contributed by atoms with Gasteiger partial charge in [0, 0.05) is 31.9 Å². The van der Waals surface area contributed by atoms with Gasteiger partial charge >= 0.3 is 7.52 Å². The Balaban J connectivity index is 1.19. The summed E-state index contributed by atoms with van der Waals surface area (Å²) in [6.07, 6.45) is 0. The highest BCUT2D eigenvalue weighted by Crippen LogP contribution is 2.49. The Kier molecular flexibility index (Phi) is 12.2. The molecule has 8 heteroatoms. The minimum Gasteiger partial charge on any atom is -0.464 e. The van der Waals surface area contributed by atoms with Gasteiger partial charge in [0.2, 0.25) is 0 Å². The predicted octanol–water partition coefficient (Wildman–Crippen LogP) is 10.6. The molecule has 8 rings (SSSR count). The molecule has 0 amide bonds. The summed E-state index contributed by atoms with van der Waals surface area (Å²) < 4.78 is 44.4. The molecule has 5 nitrogen and oxygen atoms in total. The Labute approximate surface area is 355 Å². The van der Waals surface area contributed by atoms with E-state index in [4.69, 9.17) is 9.05 Å². The molecule has 0 aliphatic heterocycles. The molecule has 0 spiro atoms. The largest absolute Gasteiger partial charge is 0.464 e. The highest BCUT2D eigenvalue weighted by molar-refractivity contribution is 7.85. The Morgan fingerprint density at radius 3 is 1.15 bits per heavy atom. The third-order valence-corrected chi connectivity index (χ3v) is 18.4. The maximum Gasteiger partial charge on any atom is 0.349 e. The molecule has 0 bridgehead atoms. The number of nitrogens with zero attached hydrogens (tertiary/aromatic N) is 1. The molecule has 8 aromatic rings. The van der Waals surface area contributed by atoms with Crippen LogP contribution in [0.4, 0.5) is 0 Å². The van der Waals surface area contributed by atoms with Gasteiger partial charge in [0.25, 0.3) is 0 Å². The van der Waals surface area contributed by atoms with E-state index in [1.165, 1.54) is 0 Å². The van der Waals surface area contributed by atoms with Crippen molar-refractivity contribution in [3.05, 3.63) is 241 Å². The van der Waals surface area contributed by atoms with Crippen LogP contribution in [0.2, 0.25) is 0 Å². The molecule has 0 saturated heterocycles. The summed E-state index contributed by atoms with van der Waals surface area (Å²) in [6, 6.07) is 74.0. The van der Waals surface area contributed by atoms with Crippen LogP contribution in [0, 0.1) is 0 Å². The molecule has 0 radical (unpaired) electrons. The van der Waals surface area contributed by atoms with Gasteiger partial charge in [-0.05, 0) is 74.1 Å². The second kappa shape index (κ2) is 17.8. The van der Waals surface area contributed by atoms with E-state index in [0.717, 1.165) is 49.0 Å². The van der Waals surface area contributed by atoms with Crippen molar-refractivity contribution in [1.29, 1.82) is 0 Å². The highest BCUT2D eigenvalue weighted by Gasteiger charge is 2.35. The van der Waals surface area contributed by atoms with Gasteiger partial charge in [-0.15, -0.1) is 0 Å². The molecular formula is C52H46NO4P3. The van der Waals surface area contributed by atoms with Crippen LogP contribution in [-0.2, 0) is 14.5 Å². The van der Waals surface area contributed by atoms with E-state index in [0.29, 0.717) is 11.1 Å². The van der Waals surface area contributed by atoms with Crippen molar-refractivity contribution in [2.24, 2.45) is 0 Å². The van der Waals surface area contributed by atoms with Crippen LogP contribution in [0.5, 0.6) is 11.5 Å². The third-order valence-electron chi connectivity index (χ3n) is 10.9. The molecule has 8 aromatic carbocycles. The number of hydrogen-bond acceptors (Lipinski definition) is 4. The second-order valence-corrected chi connectivity index (χ2v) is 22.0. The van der Waals surface area contributed by atoms with Gasteiger partial charge in [-0.25, -0.2) is 4.67 Å². The zero-order valence-electron chi connectivity index (χ0n) is 33.8. The molecule has 0 aliphatic carbocycles. The van der Waals surface area contributed by atoms with E-state index in [1.54, 1.807) is 18.8 Å². The monoisotopic (exact) mass is 841 g/mol. The molecule has 0 saturated carbocycles. The molecular weight excluding hydrogens is 795 g/mol. The first-order chi connectivity index (χ1) is 29.2. The zero-order chi connectivity index (χ0) is 41.6. The predicted molar refractivity (Wildman–Crippen MR) is 252 cm³/mol. The van der Waals surface area contributed by atoms with Crippen molar-refractivity contribution < 1.29 is 18.2 Å². The standard InChI is InChI=1S/C52H46NO4P3/c1-52(42-31-37-45(38-32-42)57-60(55,53(2)3)51-27-17-8-18-28-51,41-29-35-44(36-30-41)56-58(46-19-9-4-10-20-46)47-21-11-5-12-22-47)43-33-39-50(40-34-43)59(54,48-23-13-6-14-24-48)49-25-15-7-16-26-49/h4-40H,1-3H3. The summed E-state index contributed by atoms with van der Waals surface area (Å²) in [7, 11) is -4.13. The van der Waals surface area contributed by atoms with Gasteiger partial charge in [0.15, 0.2) is 15.3 Å². The van der Waals surface area contributed by atoms with Gasteiger partial charge in [-0.2, -0.15) is 0 Å². The van der Waals surface area contributed by atoms with E-state index in [9.17, 15) is 4.57 Å². The van der Waals surface area contributed by atoms with E-state index < -0.39 is 28.2 Å². The maximum absolute atomic E-state index is 15.3. The summed E-state index contributed by atoms with van der Waals surface area (Å²) in [5.41, 5.74) is 2.38. The maximum atomic E-state index is 15.3. The average Bonchev–Trinajstić information content (AvgIpc) is 3.32. The van der Waals surface area contributed by atoms with Crippen molar-refractivity contribution in [2.45, 2.75) is 12.3 Å². The Morgan fingerprint density at radius 2 is 0.750 bits per heavy atom. The lowest BCUT2D eigenvalue weighted by Gasteiger charge is -2.33. The molecule has 298 valence electrons. The van der Waals surface area contributed by atoms with Crippen LogP contribution in [0.15, 0.2) is 224 Å². The Hall–Kier alpha value is -5.79. The lowest BCUT2D eigenvalue weighted by Crippen LogP contribution is -2.28. The van der Waals surface area contributed by atoms with Crippen molar-refractivity contribution in [1.82, 2.24) is 4.67 Å². The van der Waals surface area contributed by atoms with Gasteiger partial charge in [-0.3, -0.25) is 4.57 Å². The normalized spacial score (nSPS) is 13.6. The highest BCUT2D eigenvalue weighted by atomic mass is 31.2. The fourth-order valence-corrected chi connectivity index (χ4v) is 13.6. The van der Waals surface area contributed by atoms with Crippen LogP contribution in [0.1, 0.15) is 23.6 Å². The minimum absolute atomic E-state index is 0.503. The van der Waals surface area contributed by atoms with Gasteiger partial charge in [0.05, 0.1) is 5.30 Å². The third kappa shape index (κ3) is 8.20. The first-order valence-electron chi connectivity index (χ1n) is 19.8. The molecule has 0 fully saturated rings. The minimum atomic E-state index is -3.38. The van der Waals surface area contributed by atoms with Crippen LogP contribution >= 0.6 is 22.8 Å². The van der Waals surface area contributed by atoms with E-state index in [2.05, 4.69) is 55.5 Å². The molecule has 2 unspecified atom stereocenters. The quantitative estimate of drug-likeness (QED) is 0.0806. The Morgan fingerprint density at radius 1 is 0.417 bits per heavy atom. The van der Waals surface area contributed by atoms with Gasteiger partial charge in [-0.1, -0.05) is 188 Å². The van der Waals surface area contributed by atoms with Gasteiger partial charge in [0.1, 0.15) is 11.5 Å². The number of hydrogen-bond donors (Lipinski definition) is 0. The van der Waals surface area contributed by atoms with E-state index >= 15 is 4.57 Å². The summed E-state index contributed by atoms with van der Waals surface area (Å²) in [5, 5.41) is 5.21. The summed E-state index contributed by atoms with van der Waals surface area (Å²) in [6.45, 7) is 2.21. The fraction of sp³-hybridized carbons (Fsp3) is 0.0769. The molecule has 0 heterocycles. The topological polar surface area (TPSA) is 55.8 Å². The molecule has 0 N–H and O–H groups in total. The van der Waals surface area contributed by atoms with Crippen molar-refractivity contribution in [3.63, 3.8) is 0 Å². The summed E-state index contributed by atoms with van der Waals surface area (Å²) in [4.78, 5) is 0. The lowest BCUT2D eigenvalue weighted by molar-refractivity contribution is 0.429. The van der Waals surface area contributed by atoms with Crippen LogP contribution in [0.25, 0.3) is 0 Å². The average molecular weight is 842 g/mol. The summed E-state index contributed by atoms with van der Waals surface area (Å²) >= 11 is 0. The first kappa shape index (κ1) is 41.0. The van der Waals surface area contributed by atoms with E-state index in [-0.39, 0.29) is 0 Å².